The molecule has 2 heterocycles. The van der Waals surface area contributed by atoms with Crippen molar-refractivity contribution in [1.29, 1.82) is 0 Å². The lowest BCUT2D eigenvalue weighted by Gasteiger charge is -2.23. The minimum atomic E-state index is 0.752. The quantitative estimate of drug-likeness (QED) is 0.817. The van der Waals surface area contributed by atoms with E-state index in [-0.39, 0.29) is 0 Å². The van der Waals surface area contributed by atoms with Gasteiger partial charge in [-0.1, -0.05) is 6.07 Å². The Bertz CT molecular complexity index is 258. The number of likely N-dealkylation sites (tertiary alicyclic amines) is 1. The van der Waals surface area contributed by atoms with Gasteiger partial charge in [-0.05, 0) is 37.9 Å². The van der Waals surface area contributed by atoms with E-state index in [1.165, 1.54) is 24.3 Å². The Kier molecular flexibility index (Phi) is 3.56. The first-order valence-corrected chi connectivity index (χ1v) is 6.19. The summed E-state index contributed by atoms with van der Waals surface area (Å²) in [7, 11) is 2.04. The number of nitrogens with zero attached hydrogens (tertiary/aromatic N) is 1. The van der Waals surface area contributed by atoms with E-state index in [4.69, 9.17) is 0 Å². The first kappa shape index (κ1) is 10.1. The van der Waals surface area contributed by atoms with Crippen LogP contribution in [-0.4, -0.2) is 31.1 Å². The summed E-state index contributed by atoms with van der Waals surface area (Å²) in [5.74, 6) is 0. The van der Waals surface area contributed by atoms with Crippen LogP contribution in [0.2, 0.25) is 0 Å². The molecule has 1 aromatic rings. The Morgan fingerprint density at radius 3 is 3.29 bits per heavy atom. The second-order valence-electron chi connectivity index (χ2n) is 3.90. The van der Waals surface area contributed by atoms with Crippen molar-refractivity contribution < 1.29 is 0 Å². The van der Waals surface area contributed by atoms with Crippen LogP contribution in [0.25, 0.3) is 0 Å². The Hall–Kier alpha value is -0.380. The van der Waals surface area contributed by atoms with Crippen LogP contribution in [0.1, 0.15) is 17.7 Å². The lowest BCUT2D eigenvalue weighted by molar-refractivity contribution is 0.244. The first-order valence-electron chi connectivity index (χ1n) is 5.31. The number of nitrogens with one attached hydrogen (secondary N) is 1. The lowest BCUT2D eigenvalue weighted by atomic mass is 10.2. The molecule has 2 rings (SSSR count). The molecule has 0 radical (unpaired) electrons. The van der Waals surface area contributed by atoms with Gasteiger partial charge in [-0.25, -0.2) is 0 Å². The van der Waals surface area contributed by atoms with Crippen molar-refractivity contribution in [2.75, 3.05) is 20.1 Å². The van der Waals surface area contributed by atoms with Crippen LogP contribution in [0.4, 0.5) is 0 Å². The van der Waals surface area contributed by atoms with E-state index in [0.29, 0.717) is 0 Å². The molecular weight excluding hydrogens is 192 g/mol. The maximum absolute atomic E-state index is 3.28. The van der Waals surface area contributed by atoms with E-state index in [1.54, 1.807) is 0 Å². The maximum Gasteiger partial charge on any atom is 0.0331 e. The summed E-state index contributed by atoms with van der Waals surface area (Å²) < 4.78 is 0. The molecule has 0 amide bonds. The highest BCUT2D eigenvalue weighted by atomic mass is 32.1. The molecule has 1 aliphatic heterocycles. The fourth-order valence-corrected chi connectivity index (χ4v) is 2.90. The summed E-state index contributed by atoms with van der Waals surface area (Å²) in [6.45, 7) is 3.54. The third-order valence-electron chi connectivity index (χ3n) is 2.88. The van der Waals surface area contributed by atoms with Gasteiger partial charge in [-0.15, -0.1) is 11.3 Å². The zero-order chi connectivity index (χ0) is 9.80. The van der Waals surface area contributed by atoms with E-state index in [9.17, 15) is 0 Å². The van der Waals surface area contributed by atoms with Gasteiger partial charge in [0.05, 0.1) is 0 Å². The van der Waals surface area contributed by atoms with Crippen LogP contribution in [0.3, 0.4) is 0 Å². The maximum atomic E-state index is 3.28. The van der Waals surface area contributed by atoms with Gasteiger partial charge in [0.2, 0.25) is 0 Å². The number of likely N-dealkylation sites (N-methyl/N-ethyl adjacent to an activating group) is 1. The summed E-state index contributed by atoms with van der Waals surface area (Å²) in [4.78, 5) is 4.09. The third kappa shape index (κ3) is 2.35. The summed E-state index contributed by atoms with van der Waals surface area (Å²) in [5.41, 5.74) is 0. The number of thiophene rings is 1. The second-order valence-corrected chi connectivity index (χ2v) is 4.94. The zero-order valence-corrected chi connectivity index (χ0v) is 9.52. The highest BCUT2D eigenvalue weighted by Crippen LogP contribution is 2.21. The predicted molar refractivity (Wildman–Crippen MR) is 61.7 cm³/mol. The van der Waals surface area contributed by atoms with Crippen molar-refractivity contribution in [2.24, 2.45) is 0 Å². The average molecular weight is 210 g/mol. The topological polar surface area (TPSA) is 15.3 Å². The van der Waals surface area contributed by atoms with Crippen molar-refractivity contribution in [3.05, 3.63) is 22.4 Å². The molecule has 2 nitrogen and oxygen atoms in total. The molecule has 0 saturated carbocycles. The van der Waals surface area contributed by atoms with E-state index in [1.807, 2.05) is 18.4 Å². The van der Waals surface area contributed by atoms with Crippen molar-refractivity contribution in [3.8, 4) is 0 Å². The molecule has 3 heteroatoms. The van der Waals surface area contributed by atoms with Gasteiger partial charge < -0.3 is 5.32 Å². The molecule has 78 valence electrons. The van der Waals surface area contributed by atoms with Gasteiger partial charge in [0, 0.05) is 24.0 Å². The summed E-state index contributed by atoms with van der Waals surface area (Å²) in [6.07, 6.45) is 2.71. The standard InChI is InChI=1S/C11H18N2S/c1-12-8-10-4-2-6-13(10)9-11-5-3-7-14-11/h3,5,7,10,12H,2,4,6,8-9H2,1H3. The fraction of sp³-hybridized carbons (Fsp3) is 0.636. The molecule has 0 aromatic carbocycles. The van der Waals surface area contributed by atoms with E-state index in [0.717, 1.165) is 19.1 Å². The van der Waals surface area contributed by atoms with Crippen LogP contribution in [-0.2, 0) is 6.54 Å². The monoisotopic (exact) mass is 210 g/mol. The van der Waals surface area contributed by atoms with Gasteiger partial charge in [-0.2, -0.15) is 0 Å². The van der Waals surface area contributed by atoms with Crippen molar-refractivity contribution in [3.63, 3.8) is 0 Å². The van der Waals surface area contributed by atoms with Crippen molar-refractivity contribution in [2.45, 2.75) is 25.4 Å². The smallest absolute Gasteiger partial charge is 0.0331 e. The zero-order valence-electron chi connectivity index (χ0n) is 8.70. The van der Waals surface area contributed by atoms with Gasteiger partial charge >= 0.3 is 0 Å². The number of hydrogen-bond donors (Lipinski definition) is 1. The fourth-order valence-electron chi connectivity index (χ4n) is 2.17. The molecule has 1 atom stereocenters. The van der Waals surface area contributed by atoms with Gasteiger partial charge in [0.15, 0.2) is 0 Å². The first-order chi connectivity index (χ1) is 6.90. The van der Waals surface area contributed by atoms with Crippen LogP contribution in [0, 0.1) is 0 Å². The minimum absolute atomic E-state index is 0.752. The Labute approximate surface area is 89.9 Å². The van der Waals surface area contributed by atoms with E-state index >= 15 is 0 Å². The Balaban J connectivity index is 1.90. The molecule has 1 saturated heterocycles. The molecule has 1 unspecified atom stereocenters. The van der Waals surface area contributed by atoms with Crippen molar-refractivity contribution >= 4 is 11.3 Å². The molecular formula is C11H18N2S. The molecule has 0 spiro atoms. The molecule has 0 aliphatic carbocycles. The normalized spacial score (nSPS) is 23.1. The lowest BCUT2D eigenvalue weighted by Crippen LogP contribution is -2.36. The SMILES string of the molecule is CNCC1CCCN1Cc1cccs1. The van der Waals surface area contributed by atoms with Gasteiger partial charge in [0.25, 0.3) is 0 Å². The summed E-state index contributed by atoms with van der Waals surface area (Å²) in [5, 5.41) is 5.45. The molecule has 1 aromatic heterocycles. The second kappa shape index (κ2) is 4.91. The largest absolute Gasteiger partial charge is 0.318 e. The van der Waals surface area contributed by atoms with Gasteiger partial charge in [-0.3, -0.25) is 4.90 Å². The molecule has 14 heavy (non-hydrogen) atoms. The van der Waals surface area contributed by atoms with Crippen LogP contribution < -0.4 is 5.32 Å². The molecule has 1 N–H and O–H groups in total. The molecule has 1 fully saturated rings. The predicted octanol–water partition coefficient (Wildman–Crippen LogP) is 1.93. The van der Waals surface area contributed by atoms with E-state index in [2.05, 4.69) is 27.7 Å². The summed E-state index contributed by atoms with van der Waals surface area (Å²) >= 11 is 1.87. The van der Waals surface area contributed by atoms with Gasteiger partial charge in [0.1, 0.15) is 0 Å². The van der Waals surface area contributed by atoms with Crippen molar-refractivity contribution in [1.82, 2.24) is 10.2 Å². The Morgan fingerprint density at radius 1 is 1.64 bits per heavy atom. The highest BCUT2D eigenvalue weighted by Gasteiger charge is 2.23. The van der Waals surface area contributed by atoms with E-state index < -0.39 is 0 Å². The number of rotatable bonds is 4. The number of hydrogen-bond acceptors (Lipinski definition) is 3. The molecule has 1 aliphatic rings. The van der Waals surface area contributed by atoms with Crippen LogP contribution in [0.5, 0.6) is 0 Å². The molecule has 0 bridgehead atoms. The highest BCUT2D eigenvalue weighted by molar-refractivity contribution is 7.09. The summed E-state index contributed by atoms with van der Waals surface area (Å²) in [6, 6.07) is 5.13. The minimum Gasteiger partial charge on any atom is -0.318 e. The van der Waals surface area contributed by atoms with Crippen LogP contribution >= 0.6 is 11.3 Å². The average Bonchev–Trinajstić information content (AvgIpc) is 2.80. The Morgan fingerprint density at radius 2 is 2.57 bits per heavy atom. The van der Waals surface area contributed by atoms with Crippen LogP contribution in [0.15, 0.2) is 17.5 Å². The third-order valence-corrected chi connectivity index (χ3v) is 3.74.